The number of anilines is 2. The first-order chi connectivity index (χ1) is 15.7. The van der Waals surface area contributed by atoms with Crippen molar-refractivity contribution in [2.24, 2.45) is 0 Å². The monoisotopic (exact) mass is 468 g/mol. The van der Waals surface area contributed by atoms with E-state index in [1.807, 2.05) is 39.0 Å². The first-order valence-corrected chi connectivity index (χ1v) is 12.0. The molecular weight excluding hydrogens is 440 g/mol. The molecule has 0 saturated heterocycles. The largest absolute Gasteiger partial charge is 0.494 e. The number of aryl methyl sites for hydroxylation is 2. The fourth-order valence-electron chi connectivity index (χ4n) is 3.04. The number of amides is 1. The van der Waals surface area contributed by atoms with E-state index < -0.39 is 10.0 Å². The fraction of sp³-hybridized carbons (Fsp3) is 0.240. The standard InChI is InChI=1S/C25H28N2O5S/c1-5-31-22-10-7-20(8-11-22)26-33(29,30)24-14-12-23(13-15-24)32-17-25(28)27(4)21-9-6-18(2)19(3)16-21/h6-16,26H,5,17H2,1-4H3. The first-order valence-electron chi connectivity index (χ1n) is 10.5. The van der Waals surface area contributed by atoms with Gasteiger partial charge in [0.2, 0.25) is 0 Å². The molecule has 1 N–H and O–H groups in total. The number of rotatable bonds is 9. The number of nitrogens with one attached hydrogen (secondary N) is 1. The molecule has 0 spiro atoms. The fourth-order valence-corrected chi connectivity index (χ4v) is 4.09. The highest BCUT2D eigenvalue weighted by Crippen LogP contribution is 2.22. The second-order valence-corrected chi connectivity index (χ2v) is 9.23. The minimum absolute atomic E-state index is 0.0855. The molecule has 0 fully saturated rings. The van der Waals surface area contributed by atoms with E-state index in [2.05, 4.69) is 4.72 Å². The molecule has 0 aliphatic rings. The lowest BCUT2D eigenvalue weighted by atomic mass is 10.1. The van der Waals surface area contributed by atoms with E-state index in [1.165, 1.54) is 29.2 Å². The van der Waals surface area contributed by atoms with Gasteiger partial charge >= 0.3 is 0 Å². The predicted molar refractivity (Wildman–Crippen MR) is 130 cm³/mol. The average molecular weight is 469 g/mol. The first kappa shape index (κ1) is 24.1. The summed E-state index contributed by atoms with van der Waals surface area (Å²) in [7, 11) is -2.07. The minimum Gasteiger partial charge on any atom is -0.494 e. The molecule has 8 heteroatoms. The van der Waals surface area contributed by atoms with Crippen LogP contribution in [-0.2, 0) is 14.8 Å². The van der Waals surface area contributed by atoms with E-state index in [1.54, 1.807) is 31.3 Å². The van der Waals surface area contributed by atoms with Gasteiger partial charge in [0, 0.05) is 18.4 Å². The maximum absolute atomic E-state index is 12.6. The van der Waals surface area contributed by atoms with Gasteiger partial charge in [-0.15, -0.1) is 0 Å². The summed E-state index contributed by atoms with van der Waals surface area (Å²) in [6.45, 7) is 6.26. The molecule has 0 saturated carbocycles. The van der Waals surface area contributed by atoms with Crippen LogP contribution in [0.2, 0.25) is 0 Å². The molecule has 0 bridgehead atoms. The zero-order valence-corrected chi connectivity index (χ0v) is 20.0. The van der Waals surface area contributed by atoms with E-state index in [-0.39, 0.29) is 17.4 Å². The molecule has 1 amide bonds. The van der Waals surface area contributed by atoms with Gasteiger partial charge in [-0.25, -0.2) is 8.42 Å². The van der Waals surface area contributed by atoms with Crippen LogP contribution in [0.4, 0.5) is 11.4 Å². The molecule has 33 heavy (non-hydrogen) atoms. The summed E-state index contributed by atoms with van der Waals surface area (Å²) in [5, 5.41) is 0. The molecule has 0 aliphatic heterocycles. The average Bonchev–Trinajstić information content (AvgIpc) is 2.80. The number of carbonyl (C=O) groups excluding carboxylic acids is 1. The van der Waals surface area contributed by atoms with Crippen molar-refractivity contribution in [3.8, 4) is 11.5 Å². The van der Waals surface area contributed by atoms with Crippen molar-refractivity contribution in [1.29, 1.82) is 0 Å². The van der Waals surface area contributed by atoms with Crippen LogP contribution in [0.5, 0.6) is 11.5 Å². The number of hydrogen-bond acceptors (Lipinski definition) is 5. The smallest absolute Gasteiger partial charge is 0.264 e. The van der Waals surface area contributed by atoms with Crippen LogP contribution >= 0.6 is 0 Å². The lowest BCUT2D eigenvalue weighted by Crippen LogP contribution is -2.31. The van der Waals surface area contributed by atoms with Crippen molar-refractivity contribution in [3.63, 3.8) is 0 Å². The van der Waals surface area contributed by atoms with Gasteiger partial charge in [0.05, 0.1) is 11.5 Å². The lowest BCUT2D eigenvalue weighted by Gasteiger charge is -2.19. The highest BCUT2D eigenvalue weighted by molar-refractivity contribution is 7.92. The summed E-state index contributed by atoms with van der Waals surface area (Å²) < 4.78 is 38.7. The van der Waals surface area contributed by atoms with Crippen LogP contribution in [0.25, 0.3) is 0 Å². The van der Waals surface area contributed by atoms with Crippen molar-refractivity contribution in [2.45, 2.75) is 25.7 Å². The van der Waals surface area contributed by atoms with Crippen LogP contribution in [0.15, 0.2) is 71.6 Å². The third-order valence-electron chi connectivity index (χ3n) is 5.17. The van der Waals surface area contributed by atoms with Crippen molar-refractivity contribution < 1.29 is 22.7 Å². The van der Waals surface area contributed by atoms with Crippen molar-refractivity contribution >= 4 is 27.3 Å². The summed E-state index contributed by atoms with van der Waals surface area (Å²) in [6.07, 6.45) is 0. The summed E-state index contributed by atoms with van der Waals surface area (Å²) in [5.74, 6) is 0.851. The molecule has 3 aromatic carbocycles. The van der Waals surface area contributed by atoms with E-state index in [9.17, 15) is 13.2 Å². The van der Waals surface area contributed by atoms with Gasteiger partial charge < -0.3 is 14.4 Å². The molecule has 3 rings (SSSR count). The lowest BCUT2D eigenvalue weighted by molar-refractivity contribution is -0.120. The Morgan fingerprint density at radius 1 is 0.879 bits per heavy atom. The number of sulfonamides is 1. The number of ether oxygens (including phenoxy) is 2. The molecule has 0 radical (unpaired) electrons. The predicted octanol–water partition coefficient (Wildman–Crippen LogP) is 4.54. The molecule has 3 aromatic rings. The highest BCUT2D eigenvalue weighted by atomic mass is 32.2. The van der Waals surface area contributed by atoms with Crippen LogP contribution in [0.1, 0.15) is 18.1 Å². The molecule has 0 aromatic heterocycles. The Hall–Kier alpha value is -3.52. The SMILES string of the molecule is CCOc1ccc(NS(=O)(=O)c2ccc(OCC(=O)N(C)c3ccc(C)c(C)c3)cc2)cc1. The minimum atomic E-state index is -3.77. The molecule has 0 unspecified atom stereocenters. The van der Waals surface area contributed by atoms with Gasteiger partial charge in [-0.3, -0.25) is 9.52 Å². The number of likely N-dealkylation sites (N-methyl/N-ethyl adjacent to an activating group) is 1. The van der Waals surface area contributed by atoms with E-state index in [0.717, 1.165) is 16.8 Å². The molecule has 0 aliphatic carbocycles. The number of hydrogen-bond donors (Lipinski definition) is 1. The van der Waals surface area contributed by atoms with Crippen molar-refractivity contribution in [3.05, 3.63) is 77.9 Å². The van der Waals surface area contributed by atoms with Crippen LogP contribution in [0, 0.1) is 13.8 Å². The van der Waals surface area contributed by atoms with E-state index in [0.29, 0.717) is 23.8 Å². The number of carbonyl (C=O) groups is 1. The van der Waals surface area contributed by atoms with Gasteiger partial charge in [0.1, 0.15) is 11.5 Å². The highest BCUT2D eigenvalue weighted by Gasteiger charge is 2.16. The topological polar surface area (TPSA) is 84.9 Å². The zero-order chi connectivity index (χ0) is 24.0. The molecule has 174 valence electrons. The normalized spacial score (nSPS) is 11.0. The van der Waals surface area contributed by atoms with E-state index in [4.69, 9.17) is 9.47 Å². The second-order valence-electron chi connectivity index (χ2n) is 7.54. The molecule has 0 atom stereocenters. The quantitative estimate of drug-likeness (QED) is 0.498. The third-order valence-corrected chi connectivity index (χ3v) is 6.56. The number of nitrogens with zero attached hydrogens (tertiary/aromatic N) is 1. The third kappa shape index (κ3) is 6.26. The van der Waals surface area contributed by atoms with Gasteiger partial charge in [0.15, 0.2) is 6.61 Å². The van der Waals surface area contributed by atoms with Crippen molar-refractivity contribution in [2.75, 3.05) is 29.9 Å². The summed E-state index contributed by atoms with van der Waals surface area (Å²) >= 11 is 0. The molecule has 7 nitrogen and oxygen atoms in total. The van der Waals surface area contributed by atoms with E-state index >= 15 is 0 Å². The molecule has 0 heterocycles. The van der Waals surface area contributed by atoms with Crippen molar-refractivity contribution in [1.82, 2.24) is 0 Å². The second kappa shape index (κ2) is 10.4. The van der Waals surface area contributed by atoms with Crippen LogP contribution in [-0.4, -0.2) is 34.6 Å². The molecular formula is C25H28N2O5S. The summed E-state index contributed by atoms with van der Waals surface area (Å²) in [4.78, 5) is 14.1. The Morgan fingerprint density at radius 3 is 2.09 bits per heavy atom. The Kier molecular flexibility index (Phi) is 7.60. The van der Waals surface area contributed by atoms with Gasteiger partial charge in [0.25, 0.3) is 15.9 Å². The summed E-state index contributed by atoms with van der Waals surface area (Å²) in [5.41, 5.74) is 3.47. The van der Waals surface area contributed by atoms with Gasteiger partial charge in [-0.1, -0.05) is 6.07 Å². The zero-order valence-electron chi connectivity index (χ0n) is 19.2. The Balaban J connectivity index is 1.59. The Morgan fingerprint density at radius 2 is 1.48 bits per heavy atom. The van der Waals surface area contributed by atoms with Crippen LogP contribution in [0.3, 0.4) is 0 Å². The number of benzene rings is 3. The Bertz CT molecular complexity index is 1210. The maximum atomic E-state index is 12.6. The van der Waals surface area contributed by atoms with Crippen LogP contribution < -0.4 is 19.1 Å². The Labute approximate surface area is 195 Å². The maximum Gasteiger partial charge on any atom is 0.264 e. The summed E-state index contributed by atoms with van der Waals surface area (Å²) in [6, 6.07) is 18.4. The van der Waals surface area contributed by atoms with Gasteiger partial charge in [-0.2, -0.15) is 0 Å². The van der Waals surface area contributed by atoms with Gasteiger partial charge in [-0.05, 0) is 92.6 Å².